The van der Waals surface area contributed by atoms with Crippen LogP contribution in [0.1, 0.15) is 50.5 Å². The topological polar surface area (TPSA) is 69.3 Å². The third-order valence-corrected chi connectivity index (χ3v) is 7.15. The summed E-state index contributed by atoms with van der Waals surface area (Å²) in [6.45, 7) is 3.11. The quantitative estimate of drug-likeness (QED) is 0.318. The number of hydrogen-bond acceptors (Lipinski definition) is 6. The Labute approximate surface area is 206 Å². The second-order valence-electron chi connectivity index (χ2n) is 8.83. The molecular formula is C25H39BrN2O5. The molecule has 1 aliphatic carbocycles. The lowest BCUT2D eigenvalue weighted by Gasteiger charge is -2.37. The van der Waals surface area contributed by atoms with Crippen LogP contribution in [0.3, 0.4) is 0 Å². The molecule has 1 saturated heterocycles. The SMILES string of the molecule is COc1ccc(CCO[C@@H]2CCCC[C@H]2N2CC[C@@H](OC(=O)NCCCCBr)C2)cc1OC. The van der Waals surface area contributed by atoms with Crippen LogP contribution in [0, 0.1) is 0 Å². The number of carbonyl (C=O) groups excluding carboxylic acids is 1. The Kier molecular flexibility index (Phi) is 11.1. The number of alkyl halides is 1. The minimum Gasteiger partial charge on any atom is -0.493 e. The van der Waals surface area contributed by atoms with Crippen molar-refractivity contribution < 1.29 is 23.7 Å². The molecule has 0 radical (unpaired) electrons. The molecule has 2 aliphatic rings. The first kappa shape index (κ1) is 26.1. The lowest BCUT2D eigenvalue weighted by Crippen LogP contribution is -2.46. The fraction of sp³-hybridized carbons (Fsp3) is 0.720. The van der Waals surface area contributed by atoms with E-state index in [0.717, 1.165) is 68.4 Å². The van der Waals surface area contributed by atoms with Crippen molar-refractivity contribution in [3.63, 3.8) is 0 Å². The molecule has 1 aromatic carbocycles. The molecule has 3 rings (SSSR count). The van der Waals surface area contributed by atoms with Crippen molar-refractivity contribution in [1.82, 2.24) is 10.2 Å². The monoisotopic (exact) mass is 526 g/mol. The van der Waals surface area contributed by atoms with Crippen LogP contribution in [0.2, 0.25) is 0 Å². The van der Waals surface area contributed by atoms with Gasteiger partial charge < -0.3 is 24.3 Å². The van der Waals surface area contributed by atoms with Crippen LogP contribution in [-0.2, 0) is 15.9 Å². The van der Waals surface area contributed by atoms with Gasteiger partial charge >= 0.3 is 6.09 Å². The molecule has 0 aromatic heterocycles. The Morgan fingerprint density at radius 2 is 1.94 bits per heavy atom. The number of alkyl carbamates (subject to hydrolysis) is 1. The summed E-state index contributed by atoms with van der Waals surface area (Å²) in [4.78, 5) is 14.5. The molecule has 0 bridgehead atoms. The van der Waals surface area contributed by atoms with Gasteiger partial charge in [0.05, 0.1) is 26.9 Å². The molecule has 1 saturated carbocycles. The van der Waals surface area contributed by atoms with Crippen LogP contribution in [0.25, 0.3) is 0 Å². The molecule has 33 heavy (non-hydrogen) atoms. The molecule has 1 aromatic rings. The van der Waals surface area contributed by atoms with Gasteiger partial charge in [-0.05, 0) is 56.2 Å². The Hall–Kier alpha value is -1.51. The third kappa shape index (κ3) is 8.04. The highest BCUT2D eigenvalue weighted by atomic mass is 79.9. The number of likely N-dealkylation sites (tertiary alicyclic amines) is 1. The molecule has 8 heteroatoms. The van der Waals surface area contributed by atoms with Gasteiger partial charge in [0.15, 0.2) is 11.5 Å². The first-order valence-corrected chi connectivity index (χ1v) is 13.3. The predicted octanol–water partition coefficient (Wildman–Crippen LogP) is 4.55. The lowest BCUT2D eigenvalue weighted by molar-refractivity contribution is -0.0319. The Morgan fingerprint density at radius 3 is 2.73 bits per heavy atom. The normalized spacial score (nSPS) is 23.3. The second kappa shape index (κ2) is 14.0. The number of unbranched alkanes of at least 4 members (excludes halogenated alkanes) is 1. The van der Waals surface area contributed by atoms with E-state index in [0.29, 0.717) is 19.2 Å². The lowest BCUT2D eigenvalue weighted by atomic mass is 9.91. The zero-order chi connectivity index (χ0) is 23.5. The minimum atomic E-state index is -0.289. The molecule has 1 amide bonds. The van der Waals surface area contributed by atoms with E-state index >= 15 is 0 Å². The van der Waals surface area contributed by atoms with Crippen molar-refractivity contribution in [1.29, 1.82) is 0 Å². The molecule has 2 fully saturated rings. The maximum atomic E-state index is 12.1. The van der Waals surface area contributed by atoms with Gasteiger partial charge in [0.1, 0.15) is 6.10 Å². The number of halogens is 1. The van der Waals surface area contributed by atoms with Gasteiger partial charge in [-0.25, -0.2) is 4.79 Å². The smallest absolute Gasteiger partial charge is 0.407 e. The van der Waals surface area contributed by atoms with Crippen LogP contribution in [-0.4, -0.2) is 75.0 Å². The summed E-state index contributed by atoms with van der Waals surface area (Å²) in [7, 11) is 3.31. The number of rotatable bonds is 12. The van der Waals surface area contributed by atoms with Crippen LogP contribution in [0.5, 0.6) is 11.5 Å². The van der Waals surface area contributed by atoms with Crippen molar-refractivity contribution in [2.45, 2.75) is 69.6 Å². The molecule has 1 aliphatic heterocycles. The molecule has 3 atom stereocenters. The fourth-order valence-electron chi connectivity index (χ4n) is 4.81. The number of amides is 1. The summed E-state index contributed by atoms with van der Waals surface area (Å²) in [6, 6.07) is 6.43. The predicted molar refractivity (Wildman–Crippen MR) is 133 cm³/mol. The van der Waals surface area contributed by atoms with Crippen molar-refractivity contribution in [3.8, 4) is 11.5 Å². The van der Waals surface area contributed by atoms with Crippen molar-refractivity contribution in [2.24, 2.45) is 0 Å². The van der Waals surface area contributed by atoms with E-state index in [9.17, 15) is 4.79 Å². The van der Waals surface area contributed by atoms with Gasteiger partial charge in [0.25, 0.3) is 0 Å². The van der Waals surface area contributed by atoms with Crippen molar-refractivity contribution >= 4 is 22.0 Å². The van der Waals surface area contributed by atoms with E-state index in [1.807, 2.05) is 12.1 Å². The summed E-state index contributed by atoms with van der Waals surface area (Å²) in [5.41, 5.74) is 1.18. The summed E-state index contributed by atoms with van der Waals surface area (Å²) < 4.78 is 22.8. The van der Waals surface area contributed by atoms with E-state index in [2.05, 4.69) is 32.2 Å². The molecule has 1 heterocycles. The zero-order valence-corrected chi connectivity index (χ0v) is 21.6. The highest BCUT2D eigenvalue weighted by Crippen LogP contribution is 2.30. The fourth-order valence-corrected chi connectivity index (χ4v) is 5.20. The number of methoxy groups -OCH3 is 2. The highest BCUT2D eigenvalue weighted by Gasteiger charge is 2.36. The first-order chi connectivity index (χ1) is 16.1. The largest absolute Gasteiger partial charge is 0.493 e. The summed E-state index contributed by atoms with van der Waals surface area (Å²) in [5.74, 6) is 1.49. The average Bonchev–Trinajstić information content (AvgIpc) is 3.30. The van der Waals surface area contributed by atoms with Gasteiger partial charge in [-0.3, -0.25) is 4.90 Å². The Bertz CT molecular complexity index is 735. The van der Waals surface area contributed by atoms with Crippen LogP contribution < -0.4 is 14.8 Å². The van der Waals surface area contributed by atoms with E-state index < -0.39 is 0 Å². The molecule has 1 N–H and O–H groups in total. The standard InChI is InChI=1S/C25H39BrN2O5/c1-30-23-10-9-19(17-24(23)31-2)12-16-32-22-8-4-3-7-21(22)28-15-11-20(18-28)33-25(29)27-14-6-5-13-26/h9-10,17,20-22H,3-8,11-16,18H2,1-2H3,(H,27,29)/t20-,21-,22-/m1/s1. The summed E-state index contributed by atoms with van der Waals surface area (Å²) in [5, 5.41) is 3.82. The number of hydrogen-bond donors (Lipinski definition) is 1. The van der Waals surface area contributed by atoms with Gasteiger partial charge in [-0.1, -0.05) is 34.8 Å². The van der Waals surface area contributed by atoms with E-state index in [4.69, 9.17) is 18.9 Å². The molecular weight excluding hydrogens is 488 g/mol. The van der Waals surface area contributed by atoms with Gasteiger partial charge in [0.2, 0.25) is 0 Å². The number of nitrogens with one attached hydrogen (secondary N) is 1. The first-order valence-electron chi connectivity index (χ1n) is 12.2. The maximum Gasteiger partial charge on any atom is 0.407 e. The molecule has 0 spiro atoms. The van der Waals surface area contributed by atoms with Gasteiger partial charge in [-0.2, -0.15) is 0 Å². The molecule has 186 valence electrons. The number of nitrogens with zero attached hydrogens (tertiary/aromatic N) is 1. The number of benzene rings is 1. The molecule has 0 unspecified atom stereocenters. The van der Waals surface area contributed by atoms with Crippen LogP contribution in [0.4, 0.5) is 4.79 Å². The van der Waals surface area contributed by atoms with E-state index in [-0.39, 0.29) is 18.3 Å². The summed E-state index contributed by atoms with van der Waals surface area (Å²) >= 11 is 3.41. The average molecular weight is 528 g/mol. The second-order valence-corrected chi connectivity index (χ2v) is 9.63. The van der Waals surface area contributed by atoms with E-state index in [1.54, 1.807) is 14.2 Å². The summed E-state index contributed by atoms with van der Waals surface area (Å²) in [6.07, 6.45) is 8.33. The Balaban J connectivity index is 1.44. The van der Waals surface area contributed by atoms with Crippen molar-refractivity contribution in [3.05, 3.63) is 23.8 Å². The van der Waals surface area contributed by atoms with Gasteiger partial charge in [-0.15, -0.1) is 0 Å². The highest BCUT2D eigenvalue weighted by molar-refractivity contribution is 9.09. The zero-order valence-electron chi connectivity index (χ0n) is 20.0. The number of ether oxygens (including phenoxy) is 4. The van der Waals surface area contributed by atoms with Crippen LogP contribution in [0.15, 0.2) is 18.2 Å². The number of carbonyl (C=O) groups is 1. The van der Waals surface area contributed by atoms with Crippen LogP contribution >= 0.6 is 15.9 Å². The van der Waals surface area contributed by atoms with Gasteiger partial charge in [0, 0.05) is 31.0 Å². The minimum absolute atomic E-state index is 0.0319. The van der Waals surface area contributed by atoms with E-state index in [1.165, 1.54) is 18.4 Å². The van der Waals surface area contributed by atoms with Crippen molar-refractivity contribution in [2.75, 3.05) is 45.8 Å². The maximum absolute atomic E-state index is 12.1. The third-order valence-electron chi connectivity index (χ3n) is 6.59. The molecule has 7 nitrogen and oxygen atoms in total. The Morgan fingerprint density at radius 1 is 1.12 bits per heavy atom.